The summed E-state index contributed by atoms with van der Waals surface area (Å²) in [5.74, 6) is 2.06. The summed E-state index contributed by atoms with van der Waals surface area (Å²) >= 11 is 0. The molecule has 25 heavy (non-hydrogen) atoms. The predicted molar refractivity (Wildman–Crippen MR) is 95.6 cm³/mol. The third kappa shape index (κ3) is 3.18. The van der Waals surface area contributed by atoms with Crippen LogP contribution in [0.15, 0.2) is 30.6 Å². The van der Waals surface area contributed by atoms with Gasteiger partial charge in [0.2, 0.25) is 0 Å². The molecule has 2 aromatic rings. The number of piperidine rings is 1. The summed E-state index contributed by atoms with van der Waals surface area (Å²) in [5, 5.41) is 11.6. The molecular weight excluding hydrogens is 314 g/mol. The van der Waals surface area contributed by atoms with Gasteiger partial charge >= 0.3 is 0 Å². The van der Waals surface area contributed by atoms with Crippen molar-refractivity contribution in [3.05, 3.63) is 47.5 Å². The molecule has 1 aromatic heterocycles. The average Bonchev–Trinajstić information content (AvgIpc) is 3.33. The van der Waals surface area contributed by atoms with Crippen LogP contribution >= 0.6 is 0 Å². The highest BCUT2D eigenvalue weighted by Gasteiger charge is 2.29. The number of nitrogens with zero attached hydrogens (tertiary/aromatic N) is 4. The summed E-state index contributed by atoms with van der Waals surface area (Å²) < 4.78 is 1.99. The predicted octanol–water partition coefficient (Wildman–Crippen LogP) is 1.91. The van der Waals surface area contributed by atoms with Gasteiger partial charge in [0.15, 0.2) is 0 Å². The van der Waals surface area contributed by atoms with Gasteiger partial charge in [0.25, 0.3) is 5.91 Å². The van der Waals surface area contributed by atoms with Gasteiger partial charge in [-0.25, -0.2) is 0 Å². The Hall–Kier alpha value is -2.21. The monoisotopic (exact) mass is 339 g/mol. The minimum absolute atomic E-state index is 0.180. The van der Waals surface area contributed by atoms with Gasteiger partial charge in [0.05, 0.1) is 0 Å². The van der Waals surface area contributed by atoms with Gasteiger partial charge in [-0.3, -0.25) is 4.79 Å². The molecule has 0 aliphatic carbocycles. The van der Waals surface area contributed by atoms with E-state index in [0.29, 0.717) is 11.8 Å². The zero-order valence-corrected chi connectivity index (χ0v) is 14.7. The second-order valence-corrected chi connectivity index (χ2v) is 7.14. The zero-order valence-electron chi connectivity index (χ0n) is 14.7. The third-order valence-electron chi connectivity index (χ3n) is 5.59. The smallest absolute Gasteiger partial charge is 0.254 e. The molecule has 0 saturated carbocycles. The van der Waals surface area contributed by atoms with Crippen molar-refractivity contribution in [2.45, 2.75) is 31.1 Å². The average molecular weight is 339 g/mol. The molecule has 2 saturated heterocycles. The number of amides is 1. The van der Waals surface area contributed by atoms with Crippen molar-refractivity contribution < 1.29 is 4.79 Å². The summed E-state index contributed by atoms with van der Waals surface area (Å²) in [6.45, 7) is 3.58. The van der Waals surface area contributed by atoms with Crippen LogP contribution in [0.3, 0.4) is 0 Å². The van der Waals surface area contributed by atoms with Crippen LogP contribution in [0.5, 0.6) is 0 Å². The third-order valence-corrected chi connectivity index (χ3v) is 5.59. The standard InChI is InChI=1S/C19H25N5O/c1-23-13-21-22-18(23)14-7-10-24(11-8-14)19(25)17-5-3-2-4-16(17)15-6-9-20-12-15/h2-5,13-15,20H,6-12H2,1H3/t15-/m1/s1. The molecule has 0 bridgehead atoms. The topological polar surface area (TPSA) is 63.1 Å². The summed E-state index contributed by atoms with van der Waals surface area (Å²) in [6, 6.07) is 8.14. The zero-order chi connectivity index (χ0) is 17.2. The van der Waals surface area contributed by atoms with Crippen molar-refractivity contribution in [2.75, 3.05) is 26.2 Å². The molecule has 2 aliphatic heterocycles. The molecule has 2 fully saturated rings. The van der Waals surface area contributed by atoms with E-state index in [2.05, 4.69) is 21.6 Å². The van der Waals surface area contributed by atoms with Crippen LogP contribution < -0.4 is 5.32 Å². The lowest BCUT2D eigenvalue weighted by molar-refractivity contribution is 0.0709. The molecule has 4 rings (SSSR count). The fourth-order valence-electron chi connectivity index (χ4n) is 4.14. The van der Waals surface area contributed by atoms with Gasteiger partial charge < -0.3 is 14.8 Å². The number of benzene rings is 1. The van der Waals surface area contributed by atoms with Crippen LogP contribution in [0.1, 0.15) is 52.8 Å². The van der Waals surface area contributed by atoms with Gasteiger partial charge in [-0.05, 0) is 43.4 Å². The van der Waals surface area contributed by atoms with E-state index < -0.39 is 0 Å². The lowest BCUT2D eigenvalue weighted by Crippen LogP contribution is -2.38. The Morgan fingerprint density at radius 3 is 2.64 bits per heavy atom. The van der Waals surface area contributed by atoms with Crippen molar-refractivity contribution in [1.29, 1.82) is 0 Å². The quantitative estimate of drug-likeness (QED) is 0.928. The van der Waals surface area contributed by atoms with E-state index in [1.54, 1.807) is 6.33 Å². The molecule has 132 valence electrons. The number of likely N-dealkylation sites (tertiary alicyclic amines) is 1. The Balaban J connectivity index is 1.47. The number of rotatable bonds is 3. The highest BCUT2D eigenvalue weighted by molar-refractivity contribution is 5.96. The first-order chi connectivity index (χ1) is 12.2. The first-order valence-electron chi connectivity index (χ1n) is 9.17. The van der Waals surface area contributed by atoms with Gasteiger partial charge in [-0.15, -0.1) is 10.2 Å². The largest absolute Gasteiger partial charge is 0.339 e. The van der Waals surface area contributed by atoms with Gasteiger partial charge in [0.1, 0.15) is 12.2 Å². The number of carbonyl (C=O) groups is 1. The van der Waals surface area contributed by atoms with Crippen LogP contribution in [0.25, 0.3) is 0 Å². The van der Waals surface area contributed by atoms with E-state index >= 15 is 0 Å². The molecule has 3 heterocycles. The number of hydrogen-bond acceptors (Lipinski definition) is 4. The summed E-state index contributed by atoms with van der Waals surface area (Å²) in [4.78, 5) is 15.1. The molecule has 2 aliphatic rings. The Morgan fingerprint density at radius 1 is 1.16 bits per heavy atom. The maximum absolute atomic E-state index is 13.1. The number of nitrogens with one attached hydrogen (secondary N) is 1. The van der Waals surface area contributed by atoms with E-state index in [-0.39, 0.29) is 5.91 Å². The highest BCUT2D eigenvalue weighted by atomic mass is 16.2. The summed E-state index contributed by atoms with van der Waals surface area (Å²) in [7, 11) is 1.98. The second kappa shape index (κ2) is 6.96. The second-order valence-electron chi connectivity index (χ2n) is 7.14. The lowest BCUT2D eigenvalue weighted by atomic mass is 9.91. The number of carbonyl (C=O) groups excluding carboxylic acids is 1. The van der Waals surface area contributed by atoms with Crippen molar-refractivity contribution in [3.8, 4) is 0 Å². The van der Waals surface area contributed by atoms with E-state index in [1.807, 2.05) is 34.7 Å². The molecule has 6 nitrogen and oxygen atoms in total. The normalized spacial score (nSPS) is 21.6. The maximum Gasteiger partial charge on any atom is 0.254 e. The molecule has 0 spiro atoms. The van der Waals surface area contributed by atoms with Gasteiger partial charge in [-0.2, -0.15) is 0 Å². The van der Waals surface area contributed by atoms with Crippen molar-refractivity contribution in [3.63, 3.8) is 0 Å². The Labute approximate surface area is 148 Å². The van der Waals surface area contributed by atoms with E-state index in [4.69, 9.17) is 0 Å². The maximum atomic E-state index is 13.1. The first kappa shape index (κ1) is 16.3. The Kier molecular flexibility index (Phi) is 4.53. The van der Waals surface area contributed by atoms with Crippen LogP contribution in [0.4, 0.5) is 0 Å². The summed E-state index contributed by atoms with van der Waals surface area (Å²) in [6.07, 6.45) is 4.76. The first-order valence-corrected chi connectivity index (χ1v) is 9.17. The lowest BCUT2D eigenvalue weighted by Gasteiger charge is -2.32. The highest BCUT2D eigenvalue weighted by Crippen LogP contribution is 2.30. The molecule has 1 atom stereocenters. The minimum atomic E-state index is 0.180. The molecular formula is C19H25N5O. The van der Waals surface area contributed by atoms with E-state index in [1.165, 1.54) is 5.56 Å². The number of aryl methyl sites for hydroxylation is 1. The van der Waals surface area contributed by atoms with E-state index in [0.717, 1.165) is 56.8 Å². The Morgan fingerprint density at radius 2 is 1.96 bits per heavy atom. The molecule has 1 amide bonds. The Bertz CT molecular complexity index is 742. The van der Waals surface area contributed by atoms with Crippen molar-refractivity contribution in [1.82, 2.24) is 25.0 Å². The van der Waals surface area contributed by atoms with Crippen LogP contribution in [-0.2, 0) is 7.05 Å². The van der Waals surface area contributed by atoms with Crippen LogP contribution in [0, 0.1) is 0 Å². The minimum Gasteiger partial charge on any atom is -0.339 e. The SMILES string of the molecule is Cn1cnnc1C1CCN(C(=O)c2ccccc2[C@@H]2CCNC2)CC1. The van der Waals surface area contributed by atoms with Crippen molar-refractivity contribution >= 4 is 5.91 Å². The van der Waals surface area contributed by atoms with Gasteiger partial charge in [0, 0.05) is 38.2 Å². The van der Waals surface area contributed by atoms with E-state index in [9.17, 15) is 4.79 Å². The number of hydrogen-bond donors (Lipinski definition) is 1. The molecule has 0 unspecified atom stereocenters. The fraction of sp³-hybridized carbons (Fsp3) is 0.526. The van der Waals surface area contributed by atoms with Crippen LogP contribution in [0.2, 0.25) is 0 Å². The van der Waals surface area contributed by atoms with Gasteiger partial charge in [-0.1, -0.05) is 18.2 Å². The molecule has 6 heteroatoms. The molecule has 0 radical (unpaired) electrons. The van der Waals surface area contributed by atoms with Crippen molar-refractivity contribution in [2.24, 2.45) is 7.05 Å². The molecule has 1 N–H and O–H groups in total. The summed E-state index contributed by atoms with van der Waals surface area (Å²) in [5.41, 5.74) is 2.08. The van der Waals surface area contributed by atoms with Crippen LogP contribution in [-0.4, -0.2) is 51.8 Å². The molecule has 1 aromatic carbocycles. The fourth-order valence-corrected chi connectivity index (χ4v) is 4.14. The number of aromatic nitrogens is 3.